The molecule has 9 aromatic rings. The number of nitrogens with zero attached hydrogens (tertiary/aromatic N) is 2. The number of aromatic nitrogens is 2. The van der Waals surface area contributed by atoms with Crippen molar-refractivity contribution in [3.63, 3.8) is 0 Å². The molecule has 0 bridgehead atoms. The zero-order valence-corrected chi connectivity index (χ0v) is 26.2. The predicted molar refractivity (Wildman–Crippen MR) is 198 cm³/mol. The van der Waals surface area contributed by atoms with E-state index in [1.165, 1.54) is 66.5 Å². The third kappa shape index (κ3) is 3.72. The van der Waals surface area contributed by atoms with Crippen LogP contribution in [0.2, 0.25) is 0 Å². The van der Waals surface area contributed by atoms with E-state index >= 15 is 0 Å². The summed E-state index contributed by atoms with van der Waals surface area (Å²) in [6.07, 6.45) is 2.02. The van der Waals surface area contributed by atoms with Crippen LogP contribution in [0.4, 0.5) is 0 Å². The van der Waals surface area contributed by atoms with Gasteiger partial charge in [0, 0.05) is 10.9 Å². The van der Waals surface area contributed by atoms with Gasteiger partial charge in [0.1, 0.15) is 0 Å². The quantitative estimate of drug-likeness (QED) is 0.194. The van der Waals surface area contributed by atoms with E-state index in [0.717, 1.165) is 16.6 Å². The number of hydrogen-bond donors (Lipinski definition) is 0. The highest BCUT2D eigenvalue weighted by atomic mass is 14.9. The lowest BCUT2D eigenvalue weighted by molar-refractivity contribution is 0.768. The van der Waals surface area contributed by atoms with Crippen molar-refractivity contribution in [1.82, 2.24) is 9.38 Å². The summed E-state index contributed by atoms with van der Waals surface area (Å²) in [4.78, 5) is 4.84. The van der Waals surface area contributed by atoms with Crippen LogP contribution in [0.1, 0.15) is 22.3 Å². The smallest absolute Gasteiger partial charge is 0.0871 e. The van der Waals surface area contributed by atoms with E-state index in [1.807, 2.05) is 12.3 Å². The van der Waals surface area contributed by atoms with Crippen LogP contribution in [0.3, 0.4) is 0 Å². The van der Waals surface area contributed by atoms with Crippen molar-refractivity contribution in [3.05, 3.63) is 204 Å². The van der Waals surface area contributed by atoms with Crippen molar-refractivity contribution in [1.29, 1.82) is 0 Å². The summed E-state index contributed by atoms with van der Waals surface area (Å²) in [6, 6.07) is 64.1. The monoisotopic (exact) mass is 610 g/mol. The van der Waals surface area contributed by atoms with E-state index < -0.39 is 0 Å². The van der Waals surface area contributed by atoms with Gasteiger partial charge in [0.05, 0.1) is 33.7 Å². The Bertz CT molecular complexity index is 2610. The fourth-order valence-corrected chi connectivity index (χ4v) is 8.30. The molecule has 2 nitrogen and oxygen atoms in total. The largest absolute Gasteiger partial charge is 0.306 e. The fourth-order valence-electron chi connectivity index (χ4n) is 8.30. The molecule has 2 heteroatoms. The van der Waals surface area contributed by atoms with Gasteiger partial charge in [-0.25, -0.2) is 0 Å². The van der Waals surface area contributed by atoms with Crippen molar-refractivity contribution in [2.45, 2.75) is 5.41 Å². The van der Waals surface area contributed by atoms with Crippen molar-refractivity contribution in [3.8, 4) is 33.4 Å². The van der Waals surface area contributed by atoms with E-state index in [1.54, 1.807) is 0 Å². The Hall–Kier alpha value is -6.25. The molecule has 0 spiro atoms. The van der Waals surface area contributed by atoms with Gasteiger partial charge in [-0.3, -0.25) is 4.98 Å². The van der Waals surface area contributed by atoms with Crippen LogP contribution >= 0.6 is 0 Å². The average Bonchev–Trinajstić information content (AvgIpc) is 3.67. The molecule has 224 valence electrons. The maximum atomic E-state index is 4.84. The van der Waals surface area contributed by atoms with Crippen LogP contribution in [0.5, 0.6) is 0 Å². The topological polar surface area (TPSA) is 17.3 Å². The molecule has 0 radical (unpaired) electrons. The molecule has 0 atom stereocenters. The summed E-state index contributed by atoms with van der Waals surface area (Å²) >= 11 is 0. The first-order valence-electron chi connectivity index (χ1n) is 16.6. The zero-order valence-electron chi connectivity index (χ0n) is 26.2. The highest BCUT2D eigenvalue weighted by Gasteiger charge is 2.45. The van der Waals surface area contributed by atoms with Gasteiger partial charge in [-0.2, -0.15) is 0 Å². The lowest BCUT2D eigenvalue weighted by atomic mass is 9.67. The Morgan fingerprint density at radius 1 is 0.417 bits per heavy atom. The van der Waals surface area contributed by atoms with Gasteiger partial charge in [-0.15, -0.1) is 0 Å². The molecule has 48 heavy (non-hydrogen) atoms. The lowest BCUT2D eigenvalue weighted by Gasteiger charge is -2.33. The first kappa shape index (κ1) is 26.9. The number of benzene rings is 7. The average molecular weight is 611 g/mol. The summed E-state index contributed by atoms with van der Waals surface area (Å²) in [7, 11) is 0. The number of hydrogen-bond acceptors (Lipinski definition) is 1. The van der Waals surface area contributed by atoms with Crippen molar-refractivity contribution in [2.24, 2.45) is 0 Å². The molecule has 2 aromatic heterocycles. The summed E-state index contributed by atoms with van der Waals surface area (Å²) < 4.78 is 2.35. The van der Waals surface area contributed by atoms with Crippen LogP contribution in [-0.4, -0.2) is 9.38 Å². The minimum Gasteiger partial charge on any atom is -0.306 e. The molecule has 0 aliphatic heterocycles. The van der Waals surface area contributed by atoms with Crippen LogP contribution in [0.25, 0.3) is 60.8 Å². The van der Waals surface area contributed by atoms with Crippen molar-refractivity contribution in [2.75, 3.05) is 0 Å². The van der Waals surface area contributed by atoms with E-state index in [2.05, 4.69) is 174 Å². The van der Waals surface area contributed by atoms with E-state index in [9.17, 15) is 0 Å². The zero-order chi connectivity index (χ0) is 31.7. The molecular weight excluding hydrogens is 581 g/mol. The van der Waals surface area contributed by atoms with Gasteiger partial charge in [0.15, 0.2) is 0 Å². The highest BCUT2D eigenvalue weighted by molar-refractivity contribution is 6.08. The van der Waals surface area contributed by atoms with Gasteiger partial charge >= 0.3 is 0 Å². The Kier molecular flexibility index (Phi) is 5.82. The van der Waals surface area contributed by atoms with Crippen LogP contribution in [0, 0.1) is 0 Å². The van der Waals surface area contributed by atoms with Gasteiger partial charge < -0.3 is 4.40 Å². The Labute approximate surface area is 279 Å². The second-order valence-electron chi connectivity index (χ2n) is 12.7. The van der Waals surface area contributed by atoms with Gasteiger partial charge in [0.25, 0.3) is 0 Å². The summed E-state index contributed by atoms with van der Waals surface area (Å²) in [5, 5.41) is 1.23. The molecule has 10 rings (SSSR count). The summed E-state index contributed by atoms with van der Waals surface area (Å²) in [5.74, 6) is 0. The van der Waals surface area contributed by atoms with Crippen LogP contribution < -0.4 is 0 Å². The van der Waals surface area contributed by atoms with E-state index in [-0.39, 0.29) is 5.41 Å². The number of rotatable bonds is 4. The van der Waals surface area contributed by atoms with Crippen LogP contribution in [-0.2, 0) is 5.41 Å². The first-order chi connectivity index (χ1) is 23.8. The molecule has 1 aliphatic rings. The van der Waals surface area contributed by atoms with Gasteiger partial charge in [-0.1, -0.05) is 152 Å². The number of fused-ring (bicyclic) bond motifs is 8. The molecule has 0 saturated carbocycles. The van der Waals surface area contributed by atoms with Crippen molar-refractivity contribution >= 4 is 27.5 Å². The van der Waals surface area contributed by atoms with Gasteiger partial charge in [0.2, 0.25) is 0 Å². The molecule has 0 N–H and O–H groups in total. The minimum absolute atomic E-state index is 0.382. The molecule has 7 aromatic carbocycles. The Morgan fingerprint density at radius 2 is 1.00 bits per heavy atom. The second kappa shape index (κ2) is 10.4. The third-order valence-electron chi connectivity index (χ3n) is 10.3. The maximum Gasteiger partial charge on any atom is 0.0871 e. The van der Waals surface area contributed by atoms with Crippen LogP contribution in [0.15, 0.2) is 182 Å². The second-order valence-corrected chi connectivity index (χ2v) is 12.7. The fraction of sp³-hybridized carbons (Fsp3) is 0.0217. The SMILES string of the molecule is c1ccc(C2(c3ccccc3)c3ccccc3-c3cc(-c4ccc(-c5c6ccccc6n6c5cnc5ccccc56)cc4)ccc32)cc1. The Balaban J connectivity index is 1.13. The molecule has 0 saturated heterocycles. The standard InChI is InChI=1S/C46H30N2/c1-3-13-34(14-4-1)46(35-15-5-2-6-16-35)39-19-9-7-17-36(39)38-29-33(27-28-40(38)46)31-23-25-32(26-24-31)45-37-18-8-11-21-42(37)48-43-22-12-10-20-41(43)47-30-44(45)48/h1-30H. The normalized spacial score (nSPS) is 13.2. The third-order valence-corrected chi connectivity index (χ3v) is 10.3. The minimum atomic E-state index is -0.382. The first-order valence-corrected chi connectivity index (χ1v) is 16.6. The molecular formula is C46H30N2. The predicted octanol–water partition coefficient (Wildman–Crippen LogP) is 11.3. The summed E-state index contributed by atoms with van der Waals surface area (Å²) in [5.41, 5.74) is 16.7. The highest BCUT2D eigenvalue weighted by Crippen LogP contribution is 2.56. The molecule has 0 unspecified atom stereocenters. The van der Waals surface area contributed by atoms with E-state index in [4.69, 9.17) is 4.98 Å². The van der Waals surface area contributed by atoms with Crippen molar-refractivity contribution < 1.29 is 0 Å². The van der Waals surface area contributed by atoms with Gasteiger partial charge in [-0.05, 0) is 74.3 Å². The summed E-state index contributed by atoms with van der Waals surface area (Å²) in [6.45, 7) is 0. The lowest BCUT2D eigenvalue weighted by Crippen LogP contribution is -2.28. The molecule has 1 aliphatic carbocycles. The maximum absolute atomic E-state index is 4.84. The number of para-hydroxylation sites is 3. The van der Waals surface area contributed by atoms with E-state index in [0.29, 0.717) is 0 Å². The Morgan fingerprint density at radius 3 is 1.77 bits per heavy atom. The molecule has 0 fully saturated rings. The molecule has 2 heterocycles. The molecule has 0 amide bonds.